The second-order valence-electron chi connectivity index (χ2n) is 4.10. The van der Waals surface area contributed by atoms with E-state index in [0.29, 0.717) is 0 Å². The minimum absolute atomic E-state index is 0.754. The lowest BCUT2D eigenvalue weighted by Crippen LogP contribution is -2.17. The molecule has 0 saturated carbocycles. The van der Waals surface area contributed by atoms with E-state index in [9.17, 15) is 0 Å². The molecule has 0 aliphatic heterocycles. The van der Waals surface area contributed by atoms with E-state index in [1.807, 2.05) is 18.8 Å². The van der Waals surface area contributed by atoms with Crippen molar-refractivity contribution in [2.45, 2.75) is 19.6 Å². The Bertz CT molecular complexity index is 286. The molecule has 0 aromatic heterocycles. The van der Waals surface area contributed by atoms with Crippen LogP contribution in [0.5, 0.6) is 0 Å². The van der Waals surface area contributed by atoms with Crippen LogP contribution < -0.4 is 5.32 Å². The van der Waals surface area contributed by atoms with Gasteiger partial charge in [-0.2, -0.15) is 11.8 Å². The number of rotatable bonds is 6. The van der Waals surface area contributed by atoms with Gasteiger partial charge in [0.15, 0.2) is 0 Å². The Labute approximate surface area is 97.7 Å². The van der Waals surface area contributed by atoms with E-state index in [2.05, 4.69) is 43.4 Å². The minimum atomic E-state index is 0.754. The average molecular weight is 223 g/mol. The molecule has 0 amide bonds. The van der Waals surface area contributed by atoms with Gasteiger partial charge in [0.25, 0.3) is 0 Å². The van der Waals surface area contributed by atoms with Gasteiger partial charge in [-0.25, -0.2) is 0 Å². The van der Waals surface area contributed by atoms with Crippen molar-refractivity contribution in [2.24, 2.45) is 5.92 Å². The summed E-state index contributed by atoms with van der Waals surface area (Å²) in [6.07, 6.45) is 0. The first-order valence-electron chi connectivity index (χ1n) is 5.51. The minimum Gasteiger partial charge on any atom is -0.319 e. The van der Waals surface area contributed by atoms with Gasteiger partial charge in [0.1, 0.15) is 0 Å². The van der Waals surface area contributed by atoms with Crippen molar-refractivity contribution < 1.29 is 0 Å². The van der Waals surface area contributed by atoms with Gasteiger partial charge < -0.3 is 5.32 Å². The molecule has 84 valence electrons. The standard InChI is InChI=1S/C13H21NS/c1-11(8-14-3)9-15-10-13-7-5-4-6-12(13)2/h4-7,11,14H,8-10H2,1-3H3. The molecule has 0 spiro atoms. The lowest BCUT2D eigenvalue weighted by Gasteiger charge is -2.10. The summed E-state index contributed by atoms with van der Waals surface area (Å²) in [4.78, 5) is 0. The largest absolute Gasteiger partial charge is 0.319 e. The van der Waals surface area contributed by atoms with Crippen LogP contribution in [0.4, 0.5) is 0 Å². The van der Waals surface area contributed by atoms with E-state index in [-0.39, 0.29) is 0 Å². The molecule has 0 saturated heterocycles. The molecule has 1 aromatic rings. The maximum atomic E-state index is 3.21. The Morgan fingerprint density at radius 1 is 1.33 bits per heavy atom. The van der Waals surface area contributed by atoms with Gasteiger partial charge in [0.2, 0.25) is 0 Å². The molecule has 1 aromatic carbocycles. The van der Waals surface area contributed by atoms with Crippen LogP contribution in [0.1, 0.15) is 18.1 Å². The maximum absolute atomic E-state index is 3.21. The Morgan fingerprint density at radius 3 is 2.73 bits per heavy atom. The van der Waals surface area contributed by atoms with Crippen LogP contribution in [0.15, 0.2) is 24.3 Å². The van der Waals surface area contributed by atoms with Gasteiger partial charge in [0.05, 0.1) is 0 Å². The first-order valence-corrected chi connectivity index (χ1v) is 6.66. The fourth-order valence-electron chi connectivity index (χ4n) is 1.55. The summed E-state index contributed by atoms with van der Waals surface area (Å²) in [5.74, 6) is 3.12. The van der Waals surface area contributed by atoms with Gasteiger partial charge in [-0.1, -0.05) is 31.2 Å². The van der Waals surface area contributed by atoms with Crippen molar-refractivity contribution >= 4 is 11.8 Å². The average Bonchev–Trinajstić information content (AvgIpc) is 2.21. The quantitative estimate of drug-likeness (QED) is 0.795. The summed E-state index contributed by atoms with van der Waals surface area (Å²) in [6.45, 7) is 5.59. The summed E-state index contributed by atoms with van der Waals surface area (Å²) >= 11 is 2.03. The van der Waals surface area contributed by atoms with Crippen LogP contribution in [-0.4, -0.2) is 19.3 Å². The molecule has 0 aliphatic rings. The lowest BCUT2D eigenvalue weighted by molar-refractivity contribution is 0.603. The summed E-state index contributed by atoms with van der Waals surface area (Å²) in [7, 11) is 2.02. The summed E-state index contributed by atoms with van der Waals surface area (Å²) in [5.41, 5.74) is 2.88. The molecule has 1 unspecified atom stereocenters. The molecule has 0 heterocycles. The number of hydrogen-bond acceptors (Lipinski definition) is 2. The number of aryl methyl sites for hydroxylation is 1. The van der Waals surface area contributed by atoms with Crippen molar-refractivity contribution in [3.05, 3.63) is 35.4 Å². The van der Waals surface area contributed by atoms with E-state index >= 15 is 0 Å². The number of hydrogen-bond donors (Lipinski definition) is 1. The topological polar surface area (TPSA) is 12.0 Å². The summed E-state index contributed by atoms with van der Waals surface area (Å²) in [5, 5.41) is 3.21. The predicted molar refractivity (Wildman–Crippen MR) is 70.4 cm³/mol. The molecular formula is C13H21NS. The highest BCUT2D eigenvalue weighted by atomic mass is 32.2. The zero-order valence-corrected chi connectivity index (χ0v) is 10.7. The molecule has 1 nitrogen and oxygen atoms in total. The fourth-order valence-corrected chi connectivity index (χ4v) is 2.73. The fraction of sp³-hybridized carbons (Fsp3) is 0.538. The smallest absolute Gasteiger partial charge is 0.0187 e. The van der Waals surface area contributed by atoms with Gasteiger partial charge in [-0.3, -0.25) is 0 Å². The SMILES string of the molecule is CNCC(C)CSCc1ccccc1C. The van der Waals surface area contributed by atoms with Gasteiger partial charge >= 0.3 is 0 Å². The molecular weight excluding hydrogens is 202 g/mol. The van der Waals surface area contributed by atoms with Crippen molar-refractivity contribution in [3.8, 4) is 0 Å². The maximum Gasteiger partial charge on any atom is 0.0187 e. The normalized spacial score (nSPS) is 12.7. The number of nitrogens with one attached hydrogen (secondary N) is 1. The molecule has 0 fully saturated rings. The molecule has 0 radical (unpaired) electrons. The third-order valence-corrected chi connectivity index (χ3v) is 3.79. The van der Waals surface area contributed by atoms with E-state index < -0.39 is 0 Å². The Balaban J connectivity index is 2.29. The van der Waals surface area contributed by atoms with Crippen molar-refractivity contribution in [2.75, 3.05) is 19.3 Å². The third kappa shape index (κ3) is 4.72. The van der Waals surface area contributed by atoms with E-state index in [0.717, 1.165) is 18.2 Å². The second-order valence-corrected chi connectivity index (χ2v) is 5.13. The second kappa shape index (κ2) is 6.91. The molecule has 2 heteroatoms. The highest BCUT2D eigenvalue weighted by Crippen LogP contribution is 2.17. The lowest BCUT2D eigenvalue weighted by atomic mass is 10.1. The highest BCUT2D eigenvalue weighted by Gasteiger charge is 2.02. The Hall–Kier alpha value is -0.470. The zero-order valence-electron chi connectivity index (χ0n) is 9.92. The molecule has 0 aliphatic carbocycles. The summed E-state index contributed by atoms with van der Waals surface area (Å²) in [6, 6.07) is 8.64. The van der Waals surface area contributed by atoms with Crippen LogP contribution in [0.3, 0.4) is 0 Å². The van der Waals surface area contributed by atoms with Gasteiger partial charge in [-0.05, 0) is 43.3 Å². The molecule has 15 heavy (non-hydrogen) atoms. The van der Waals surface area contributed by atoms with Gasteiger partial charge in [-0.15, -0.1) is 0 Å². The molecule has 0 bridgehead atoms. The molecule has 1 N–H and O–H groups in total. The third-order valence-electron chi connectivity index (χ3n) is 2.47. The van der Waals surface area contributed by atoms with Crippen LogP contribution in [0, 0.1) is 12.8 Å². The van der Waals surface area contributed by atoms with Crippen LogP contribution in [-0.2, 0) is 5.75 Å². The predicted octanol–water partition coefficient (Wildman–Crippen LogP) is 3.08. The van der Waals surface area contributed by atoms with E-state index in [4.69, 9.17) is 0 Å². The number of benzene rings is 1. The van der Waals surface area contributed by atoms with E-state index in [1.165, 1.54) is 16.9 Å². The van der Waals surface area contributed by atoms with Crippen LogP contribution in [0.25, 0.3) is 0 Å². The van der Waals surface area contributed by atoms with E-state index in [1.54, 1.807) is 0 Å². The van der Waals surface area contributed by atoms with Crippen LogP contribution >= 0.6 is 11.8 Å². The van der Waals surface area contributed by atoms with Crippen molar-refractivity contribution in [3.63, 3.8) is 0 Å². The molecule has 1 atom stereocenters. The Morgan fingerprint density at radius 2 is 2.07 bits per heavy atom. The van der Waals surface area contributed by atoms with Crippen molar-refractivity contribution in [1.82, 2.24) is 5.32 Å². The zero-order chi connectivity index (χ0) is 11.1. The van der Waals surface area contributed by atoms with Crippen LogP contribution in [0.2, 0.25) is 0 Å². The van der Waals surface area contributed by atoms with Crippen molar-refractivity contribution in [1.29, 1.82) is 0 Å². The number of thioether (sulfide) groups is 1. The highest BCUT2D eigenvalue weighted by molar-refractivity contribution is 7.98. The van der Waals surface area contributed by atoms with Gasteiger partial charge in [0, 0.05) is 5.75 Å². The first-order chi connectivity index (χ1) is 7.24. The Kier molecular flexibility index (Phi) is 5.81. The summed E-state index contributed by atoms with van der Waals surface area (Å²) < 4.78 is 0. The molecule has 1 rings (SSSR count). The monoisotopic (exact) mass is 223 g/mol. The first kappa shape index (κ1) is 12.6.